The number of halogens is 1. The van der Waals surface area contributed by atoms with Crippen molar-refractivity contribution in [3.8, 4) is 11.3 Å². The van der Waals surface area contributed by atoms with Crippen molar-refractivity contribution in [3.05, 3.63) is 59.1 Å². The first-order valence-corrected chi connectivity index (χ1v) is 6.14. The molecule has 0 aliphatic carbocycles. The maximum absolute atomic E-state index is 11.5. The van der Waals surface area contributed by atoms with Crippen LogP contribution in [0.2, 0.25) is 5.02 Å². The number of hydrogen-bond acceptors (Lipinski definition) is 1. The maximum atomic E-state index is 11.5. The van der Waals surface area contributed by atoms with Gasteiger partial charge in [-0.1, -0.05) is 41.9 Å². The van der Waals surface area contributed by atoms with E-state index in [9.17, 15) is 9.90 Å². The fourth-order valence-electron chi connectivity index (χ4n) is 2.21. The number of benzene rings is 2. The van der Waals surface area contributed by atoms with Crippen LogP contribution < -0.4 is 0 Å². The quantitative estimate of drug-likeness (QED) is 0.734. The number of hydrogen-bond donors (Lipinski definition) is 2. The van der Waals surface area contributed by atoms with Crippen LogP contribution >= 0.6 is 11.6 Å². The average Bonchev–Trinajstić information content (AvgIpc) is 2.78. The van der Waals surface area contributed by atoms with Crippen LogP contribution in [0.5, 0.6) is 0 Å². The van der Waals surface area contributed by atoms with Gasteiger partial charge < -0.3 is 10.1 Å². The molecule has 0 amide bonds. The molecule has 94 valence electrons. The largest absolute Gasteiger partial charge is 0.478 e. The monoisotopic (exact) mass is 271 g/mol. The molecule has 0 aliphatic rings. The van der Waals surface area contributed by atoms with Gasteiger partial charge in [-0.3, -0.25) is 0 Å². The van der Waals surface area contributed by atoms with Crippen molar-refractivity contribution >= 4 is 28.5 Å². The Morgan fingerprint density at radius 1 is 1.11 bits per heavy atom. The first-order chi connectivity index (χ1) is 9.16. The molecule has 0 aliphatic heterocycles. The minimum absolute atomic E-state index is 0.253. The van der Waals surface area contributed by atoms with Crippen molar-refractivity contribution in [1.29, 1.82) is 0 Å². The minimum Gasteiger partial charge on any atom is -0.478 e. The molecule has 0 atom stereocenters. The highest BCUT2D eigenvalue weighted by molar-refractivity contribution is 6.31. The summed E-state index contributed by atoms with van der Waals surface area (Å²) in [6, 6.07) is 14.6. The molecule has 0 fully saturated rings. The lowest BCUT2D eigenvalue weighted by Crippen LogP contribution is -1.97. The Kier molecular flexibility index (Phi) is 2.76. The van der Waals surface area contributed by atoms with E-state index in [-0.39, 0.29) is 5.56 Å². The lowest BCUT2D eigenvalue weighted by Gasteiger charge is -2.00. The Bertz CT molecular complexity index is 762. The molecule has 4 heteroatoms. The number of nitrogens with one attached hydrogen (secondary N) is 1. The van der Waals surface area contributed by atoms with E-state index in [4.69, 9.17) is 11.6 Å². The number of aromatic nitrogens is 1. The highest BCUT2D eigenvalue weighted by Crippen LogP contribution is 2.31. The number of H-pyrrole nitrogens is 1. The third-order valence-electron chi connectivity index (χ3n) is 3.04. The summed E-state index contributed by atoms with van der Waals surface area (Å²) in [5, 5.41) is 10.6. The summed E-state index contributed by atoms with van der Waals surface area (Å²) in [5.74, 6) is -0.965. The summed E-state index contributed by atoms with van der Waals surface area (Å²) >= 11 is 5.94. The molecule has 3 nitrogen and oxygen atoms in total. The molecule has 2 N–H and O–H groups in total. The fraction of sp³-hybridized carbons (Fsp3) is 0. The van der Waals surface area contributed by atoms with Gasteiger partial charge in [0, 0.05) is 15.9 Å². The van der Waals surface area contributed by atoms with Gasteiger partial charge in [-0.2, -0.15) is 0 Å². The number of carboxylic acids is 1. The van der Waals surface area contributed by atoms with E-state index in [1.807, 2.05) is 30.3 Å². The van der Waals surface area contributed by atoms with Crippen LogP contribution in [0.3, 0.4) is 0 Å². The third-order valence-corrected chi connectivity index (χ3v) is 3.27. The number of carbonyl (C=O) groups is 1. The molecule has 0 saturated carbocycles. The zero-order valence-corrected chi connectivity index (χ0v) is 10.6. The molecule has 1 heterocycles. The van der Waals surface area contributed by atoms with E-state index in [1.165, 1.54) is 0 Å². The standard InChI is InChI=1S/C15H10ClNO2/c16-10-6-7-12-11(8-10)13(15(18)19)14(17-12)9-4-2-1-3-5-9/h1-8,17H,(H,18,19). The van der Waals surface area contributed by atoms with Crippen LogP contribution in [0.15, 0.2) is 48.5 Å². The zero-order chi connectivity index (χ0) is 13.4. The number of aromatic carboxylic acids is 1. The van der Waals surface area contributed by atoms with Gasteiger partial charge in [0.05, 0.1) is 11.3 Å². The number of carboxylic acid groups (broad SMARTS) is 1. The molecule has 0 bridgehead atoms. The second kappa shape index (κ2) is 4.44. The molecular formula is C15H10ClNO2. The summed E-state index contributed by atoms with van der Waals surface area (Å²) in [7, 11) is 0. The lowest BCUT2D eigenvalue weighted by molar-refractivity contribution is 0.0700. The van der Waals surface area contributed by atoms with Crippen molar-refractivity contribution in [2.75, 3.05) is 0 Å². The third kappa shape index (κ3) is 1.98. The van der Waals surface area contributed by atoms with Crippen LogP contribution in [0.4, 0.5) is 0 Å². The van der Waals surface area contributed by atoms with Crippen LogP contribution in [0.25, 0.3) is 22.2 Å². The first-order valence-electron chi connectivity index (χ1n) is 5.77. The van der Waals surface area contributed by atoms with Gasteiger partial charge in [-0.25, -0.2) is 4.79 Å². The normalized spacial score (nSPS) is 10.8. The number of fused-ring (bicyclic) bond motifs is 1. The van der Waals surface area contributed by atoms with Gasteiger partial charge in [-0.15, -0.1) is 0 Å². The Hall–Kier alpha value is -2.26. The maximum Gasteiger partial charge on any atom is 0.338 e. The topological polar surface area (TPSA) is 53.1 Å². The Morgan fingerprint density at radius 2 is 1.84 bits per heavy atom. The van der Waals surface area contributed by atoms with Crippen molar-refractivity contribution in [3.63, 3.8) is 0 Å². The SMILES string of the molecule is O=C(O)c1c(-c2ccccc2)[nH]c2ccc(Cl)cc12. The van der Waals surface area contributed by atoms with Gasteiger partial charge in [0.25, 0.3) is 0 Å². The molecule has 3 rings (SSSR count). The first kappa shape index (κ1) is 11.8. The summed E-state index contributed by atoms with van der Waals surface area (Å²) in [6.45, 7) is 0. The number of rotatable bonds is 2. The van der Waals surface area contributed by atoms with Crippen molar-refractivity contribution in [1.82, 2.24) is 4.98 Å². The molecular weight excluding hydrogens is 262 g/mol. The minimum atomic E-state index is -0.965. The molecule has 0 saturated heterocycles. The van der Waals surface area contributed by atoms with E-state index in [0.29, 0.717) is 16.1 Å². The Balaban J connectivity index is 2.36. The smallest absolute Gasteiger partial charge is 0.338 e. The van der Waals surface area contributed by atoms with Crippen LogP contribution in [0.1, 0.15) is 10.4 Å². The molecule has 3 aromatic rings. The highest BCUT2D eigenvalue weighted by Gasteiger charge is 2.18. The molecule has 0 radical (unpaired) electrons. The second-order valence-corrected chi connectivity index (χ2v) is 4.67. The van der Waals surface area contributed by atoms with E-state index < -0.39 is 5.97 Å². The van der Waals surface area contributed by atoms with Crippen LogP contribution in [-0.2, 0) is 0 Å². The molecule has 1 aromatic heterocycles. The fourth-order valence-corrected chi connectivity index (χ4v) is 2.38. The van der Waals surface area contributed by atoms with E-state index >= 15 is 0 Å². The summed E-state index contributed by atoms with van der Waals surface area (Å²) in [5.41, 5.74) is 2.46. The van der Waals surface area contributed by atoms with Crippen molar-refractivity contribution < 1.29 is 9.90 Å². The van der Waals surface area contributed by atoms with E-state index in [1.54, 1.807) is 18.2 Å². The average molecular weight is 272 g/mol. The van der Waals surface area contributed by atoms with Gasteiger partial charge in [0.15, 0.2) is 0 Å². The van der Waals surface area contributed by atoms with Crippen LogP contribution in [-0.4, -0.2) is 16.1 Å². The molecule has 19 heavy (non-hydrogen) atoms. The van der Waals surface area contributed by atoms with Gasteiger partial charge in [-0.05, 0) is 23.8 Å². The predicted octanol–water partition coefficient (Wildman–Crippen LogP) is 4.19. The van der Waals surface area contributed by atoms with Crippen molar-refractivity contribution in [2.24, 2.45) is 0 Å². The Morgan fingerprint density at radius 3 is 2.53 bits per heavy atom. The lowest BCUT2D eigenvalue weighted by atomic mass is 10.1. The van der Waals surface area contributed by atoms with Gasteiger partial charge >= 0.3 is 5.97 Å². The second-order valence-electron chi connectivity index (χ2n) is 4.24. The summed E-state index contributed by atoms with van der Waals surface area (Å²) < 4.78 is 0. The van der Waals surface area contributed by atoms with E-state index in [2.05, 4.69) is 4.98 Å². The van der Waals surface area contributed by atoms with Gasteiger partial charge in [0.1, 0.15) is 0 Å². The highest BCUT2D eigenvalue weighted by atomic mass is 35.5. The van der Waals surface area contributed by atoms with Crippen LogP contribution in [0, 0.1) is 0 Å². The Labute approximate surface area is 114 Å². The van der Waals surface area contributed by atoms with Crippen molar-refractivity contribution in [2.45, 2.75) is 0 Å². The molecule has 0 spiro atoms. The van der Waals surface area contributed by atoms with E-state index in [0.717, 1.165) is 11.1 Å². The summed E-state index contributed by atoms with van der Waals surface area (Å²) in [4.78, 5) is 14.7. The molecule has 2 aromatic carbocycles. The number of aromatic amines is 1. The molecule has 0 unspecified atom stereocenters. The summed E-state index contributed by atoms with van der Waals surface area (Å²) in [6.07, 6.45) is 0. The predicted molar refractivity (Wildman–Crippen MR) is 75.7 cm³/mol. The van der Waals surface area contributed by atoms with Gasteiger partial charge in [0.2, 0.25) is 0 Å². The zero-order valence-electron chi connectivity index (χ0n) is 9.85.